The number of anilines is 2. The molecular formula is C27H30N4O7S. The first-order valence-electron chi connectivity index (χ1n) is 11.7. The van der Waals surface area contributed by atoms with E-state index in [0.29, 0.717) is 34.2 Å². The van der Waals surface area contributed by atoms with E-state index in [1.807, 2.05) is 0 Å². The summed E-state index contributed by atoms with van der Waals surface area (Å²) in [7, 11) is -0.698. The highest BCUT2D eigenvalue weighted by molar-refractivity contribution is 7.92. The van der Waals surface area contributed by atoms with E-state index in [-0.39, 0.29) is 12.5 Å². The second-order valence-electron chi connectivity index (χ2n) is 8.30. The van der Waals surface area contributed by atoms with Gasteiger partial charge in [-0.3, -0.25) is 13.9 Å². The number of hydrogen-bond donors (Lipinski definition) is 2. The maximum Gasteiger partial charge on any atom is 0.263 e. The number of ether oxygens (including phenoxy) is 3. The number of hydrazone groups is 1. The smallest absolute Gasteiger partial charge is 0.263 e. The van der Waals surface area contributed by atoms with Crippen LogP contribution in [0.4, 0.5) is 11.4 Å². The van der Waals surface area contributed by atoms with Crippen LogP contribution in [0.3, 0.4) is 0 Å². The molecule has 0 saturated carbocycles. The molecule has 1 atom stereocenters. The predicted octanol–water partition coefficient (Wildman–Crippen LogP) is 3.03. The van der Waals surface area contributed by atoms with E-state index in [1.54, 1.807) is 79.9 Å². The van der Waals surface area contributed by atoms with Crippen molar-refractivity contribution < 1.29 is 32.2 Å². The minimum atomic E-state index is -3.76. The van der Waals surface area contributed by atoms with Crippen LogP contribution in [0.15, 0.2) is 77.9 Å². The molecule has 0 aliphatic rings. The Labute approximate surface area is 227 Å². The van der Waals surface area contributed by atoms with Gasteiger partial charge in [-0.25, -0.2) is 13.8 Å². The van der Waals surface area contributed by atoms with E-state index in [2.05, 4.69) is 15.8 Å². The Morgan fingerprint density at radius 1 is 0.897 bits per heavy atom. The van der Waals surface area contributed by atoms with Crippen molar-refractivity contribution in [1.82, 2.24) is 5.43 Å². The number of benzene rings is 3. The van der Waals surface area contributed by atoms with Gasteiger partial charge in [0.05, 0.1) is 32.4 Å². The number of nitrogens with one attached hydrogen (secondary N) is 2. The van der Waals surface area contributed by atoms with E-state index in [4.69, 9.17) is 14.2 Å². The van der Waals surface area contributed by atoms with Crippen LogP contribution in [0.1, 0.15) is 12.5 Å². The number of nitrogens with zero attached hydrogens (tertiary/aromatic N) is 2. The van der Waals surface area contributed by atoms with Crippen molar-refractivity contribution in [3.63, 3.8) is 0 Å². The predicted molar refractivity (Wildman–Crippen MR) is 149 cm³/mol. The van der Waals surface area contributed by atoms with Gasteiger partial charge in [0, 0.05) is 5.69 Å². The maximum absolute atomic E-state index is 12.7. The van der Waals surface area contributed by atoms with Gasteiger partial charge in [0.15, 0.2) is 6.61 Å². The van der Waals surface area contributed by atoms with E-state index in [0.717, 1.165) is 10.6 Å². The first-order chi connectivity index (χ1) is 18.6. The van der Waals surface area contributed by atoms with Crippen LogP contribution in [-0.4, -0.2) is 59.6 Å². The SMILES string of the molecule is COc1ccc(NC(=O)COc2ccc(/C=N\NC(=O)[C@@H](C)N(c3ccc(OC)cc3)S(C)(=O)=O)cc2)cc1. The number of hydrogen-bond acceptors (Lipinski definition) is 8. The van der Waals surface area contributed by atoms with Crippen LogP contribution < -0.4 is 29.3 Å². The Bertz CT molecular complexity index is 1390. The van der Waals surface area contributed by atoms with Gasteiger partial charge in [-0.05, 0) is 85.3 Å². The molecule has 0 aliphatic carbocycles. The molecule has 0 unspecified atom stereocenters. The number of methoxy groups -OCH3 is 2. The number of carbonyl (C=O) groups is 2. The minimum absolute atomic E-state index is 0.182. The summed E-state index contributed by atoms with van der Waals surface area (Å²) in [5, 5.41) is 6.66. The van der Waals surface area contributed by atoms with Crippen molar-refractivity contribution >= 4 is 39.4 Å². The Morgan fingerprint density at radius 3 is 1.97 bits per heavy atom. The Morgan fingerprint density at radius 2 is 1.44 bits per heavy atom. The zero-order valence-electron chi connectivity index (χ0n) is 22.0. The topological polar surface area (TPSA) is 136 Å². The van der Waals surface area contributed by atoms with Gasteiger partial charge in [0.1, 0.15) is 23.3 Å². The van der Waals surface area contributed by atoms with Gasteiger partial charge in [-0.15, -0.1) is 0 Å². The number of rotatable bonds is 12. The molecule has 3 aromatic rings. The summed E-state index contributed by atoms with van der Waals surface area (Å²) < 4.78 is 41.5. The normalized spacial score (nSPS) is 11.9. The van der Waals surface area contributed by atoms with Gasteiger partial charge in [0.25, 0.3) is 11.8 Å². The highest BCUT2D eigenvalue weighted by Crippen LogP contribution is 2.24. The molecule has 3 aromatic carbocycles. The lowest BCUT2D eigenvalue weighted by Crippen LogP contribution is -2.46. The monoisotopic (exact) mass is 554 g/mol. The largest absolute Gasteiger partial charge is 0.497 e. The van der Waals surface area contributed by atoms with Crippen LogP contribution in [0, 0.1) is 0 Å². The van der Waals surface area contributed by atoms with Gasteiger partial charge >= 0.3 is 0 Å². The van der Waals surface area contributed by atoms with Crippen LogP contribution >= 0.6 is 0 Å². The molecule has 0 bridgehead atoms. The zero-order chi connectivity index (χ0) is 28.4. The molecule has 0 spiro atoms. The number of carbonyl (C=O) groups excluding carboxylic acids is 2. The molecule has 12 heteroatoms. The standard InChI is InChI=1S/C27H30N4O7S/c1-19(31(39(4,34)35)22-9-15-24(37-3)16-10-22)27(33)30-28-17-20-5-11-25(12-6-20)38-18-26(32)29-21-7-13-23(36-2)14-8-21/h5-17,19H,18H2,1-4H3,(H,29,32)(H,30,33)/b28-17-/t19-/m1/s1. The molecule has 0 aliphatic heterocycles. The van der Waals surface area contributed by atoms with E-state index in [9.17, 15) is 18.0 Å². The molecule has 206 valence electrons. The van der Waals surface area contributed by atoms with Crippen LogP contribution in [0.5, 0.6) is 17.2 Å². The maximum atomic E-state index is 12.7. The highest BCUT2D eigenvalue weighted by Gasteiger charge is 2.29. The number of sulfonamides is 1. The van der Waals surface area contributed by atoms with Crippen LogP contribution in [0.25, 0.3) is 0 Å². The molecule has 0 fully saturated rings. The van der Waals surface area contributed by atoms with Gasteiger partial charge in [-0.2, -0.15) is 5.10 Å². The summed E-state index contributed by atoms with van der Waals surface area (Å²) in [4.78, 5) is 24.8. The van der Waals surface area contributed by atoms with Crippen molar-refractivity contribution in [3.8, 4) is 17.2 Å². The third-order valence-electron chi connectivity index (χ3n) is 5.43. The molecule has 0 radical (unpaired) electrons. The first kappa shape index (κ1) is 29.0. The molecular weight excluding hydrogens is 524 g/mol. The van der Waals surface area contributed by atoms with Crippen LogP contribution in [0.2, 0.25) is 0 Å². The van der Waals surface area contributed by atoms with Gasteiger partial charge in [-0.1, -0.05) is 0 Å². The van der Waals surface area contributed by atoms with Crippen LogP contribution in [-0.2, 0) is 19.6 Å². The second kappa shape index (κ2) is 13.3. The molecule has 0 saturated heterocycles. The fraction of sp³-hybridized carbons (Fsp3) is 0.222. The van der Waals surface area contributed by atoms with Crippen molar-refractivity contribution in [3.05, 3.63) is 78.4 Å². The summed E-state index contributed by atoms with van der Waals surface area (Å²) in [6, 6.07) is 18.9. The molecule has 2 N–H and O–H groups in total. The fourth-order valence-corrected chi connectivity index (χ4v) is 4.65. The summed E-state index contributed by atoms with van der Waals surface area (Å²) in [6.45, 7) is 1.28. The second-order valence-corrected chi connectivity index (χ2v) is 10.2. The fourth-order valence-electron chi connectivity index (χ4n) is 3.47. The molecule has 3 rings (SSSR count). The summed E-state index contributed by atoms with van der Waals surface area (Å²) in [5.74, 6) is 0.780. The minimum Gasteiger partial charge on any atom is -0.497 e. The molecule has 0 heterocycles. The molecule has 11 nitrogen and oxygen atoms in total. The molecule has 0 aromatic heterocycles. The van der Waals surface area contributed by atoms with Crippen molar-refractivity contribution in [1.29, 1.82) is 0 Å². The Balaban J connectivity index is 1.52. The average Bonchev–Trinajstić information content (AvgIpc) is 2.92. The lowest BCUT2D eigenvalue weighted by Gasteiger charge is -2.27. The zero-order valence-corrected chi connectivity index (χ0v) is 22.8. The number of amides is 2. The average molecular weight is 555 g/mol. The Hall–Kier alpha value is -4.58. The quantitative estimate of drug-likeness (QED) is 0.259. The van der Waals surface area contributed by atoms with Crippen molar-refractivity contribution in [2.45, 2.75) is 13.0 Å². The summed E-state index contributed by atoms with van der Waals surface area (Å²) in [5.41, 5.74) is 3.95. The summed E-state index contributed by atoms with van der Waals surface area (Å²) >= 11 is 0. The molecule has 39 heavy (non-hydrogen) atoms. The third kappa shape index (κ3) is 8.47. The van der Waals surface area contributed by atoms with E-state index < -0.39 is 22.0 Å². The lowest BCUT2D eigenvalue weighted by molar-refractivity contribution is -0.121. The lowest BCUT2D eigenvalue weighted by atomic mass is 10.2. The highest BCUT2D eigenvalue weighted by atomic mass is 32.2. The van der Waals surface area contributed by atoms with Crippen molar-refractivity contribution in [2.24, 2.45) is 5.10 Å². The van der Waals surface area contributed by atoms with E-state index >= 15 is 0 Å². The third-order valence-corrected chi connectivity index (χ3v) is 6.67. The Kier molecular flexibility index (Phi) is 9.87. The molecule has 2 amide bonds. The first-order valence-corrected chi connectivity index (χ1v) is 13.6. The summed E-state index contributed by atoms with van der Waals surface area (Å²) in [6.07, 6.45) is 2.43. The van der Waals surface area contributed by atoms with Gasteiger partial charge < -0.3 is 19.5 Å². The van der Waals surface area contributed by atoms with Gasteiger partial charge in [0.2, 0.25) is 10.0 Å². The van der Waals surface area contributed by atoms with E-state index in [1.165, 1.54) is 20.2 Å². The van der Waals surface area contributed by atoms with Crippen molar-refractivity contribution in [2.75, 3.05) is 36.7 Å².